The molecule has 5 heteroatoms. The summed E-state index contributed by atoms with van der Waals surface area (Å²) in [5, 5.41) is 3.21. The lowest BCUT2D eigenvalue weighted by Crippen LogP contribution is -2.31. The van der Waals surface area contributed by atoms with Gasteiger partial charge in [0, 0.05) is 12.6 Å². The van der Waals surface area contributed by atoms with E-state index in [4.69, 9.17) is 4.74 Å². The number of hydrogen-bond donors (Lipinski definition) is 1. The van der Waals surface area contributed by atoms with Crippen molar-refractivity contribution in [1.29, 1.82) is 0 Å². The van der Waals surface area contributed by atoms with Gasteiger partial charge < -0.3 is 15.0 Å². The molecule has 0 radical (unpaired) electrons. The molecule has 0 bridgehead atoms. The van der Waals surface area contributed by atoms with Gasteiger partial charge in [-0.05, 0) is 37.6 Å². The van der Waals surface area contributed by atoms with Crippen LogP contribution >= 0.6 is 0 Å². The van der Waals surface area contributed by atoms with Crippen LogP contribution in [0.3, 0.4) is 0 Å². The quantitative estimate of drug-likeness (QED) is 0.827. The van der Waals surface area contributed by atoms with Gasteiger partial charge in [-0.25, -0.2) is 0 Å². The van der Waals surface area contributed by atoms with Crippen molar-refractivity contribution in [1.82, 2.24) is 5.32 Å². The van der Waals surface area contributed by atoms with Crippen molar-refractivity contribution in [2.24, 2.45) is 0 Å². The van der Waals surface area contributed by atoms with E-state index < -0.39 is 0 Å². The largest absolute Gasteiger partial charge is 0.491 e. The SMILES string of the molecule is CN1C(=O)CCOc2ccc(C(=O)C3CCCN3)cc21. The predicted octanol–water partition coefficient (Wildman–Crippen LogP) is 1.37. The number of carbonyl (C=O) groups excluding carboxylic acids is 2. The van der Waals surface area contributed by atoms with E-state index in [9.17, 15) is 9.59 Å². The molecule has 0 spiro atoms. The first kappa shape index (κ1) is 13.1. The Balaban J connectivity index is 1.93. The number of carbonyl (C=O) groups is 2. The van der Waals surface area contributed by atoms with Crippen LogP contribution in [0.5, 0.6) is 5.75 Å². The van der Waals surface area contributed by atoms with E-state index >= 15 is 0 Å². The van der Waals surface area contributed by atoms with Crippen molar-refractivity contribution in [3.63, 3.8) is 0 Å². The molecule has 5 nitrogen and oxygen atoms in total. The van der Waals surface area contributed by atoms with Gasteiger partial charge in [-0.1, -0.05) is 0 Å². The van der Waals surface area contributed by atoms with Gasteiger partial charge in [0.05, 0.1) is 24.8 Å². The number of nitrogens with one attached hydrogen (secondary N) is 1. The molecule has 2 heterocycles. The van der Waals surface area contributed by atoms with Crippen LogP contribution in [0.2, 0.25) is 0 Å². The maximum absolute atomic E-state index is 12.4. The summed E-state index contributed by atoms with van der Waals surface area (Å²) < 4.78 is 5.56. The Bertz CT molecular complexity index is 550. The fraction of sp³-hybridized carbons (Fsp3) is 0.467. The van der Waals surface area contributed by atoms with Gasteiger partial charge in [0.15, 0.2) is 5.78 Å². The fourth-order valence-corrected chi connectivity index (χ4v) is 2.71. The Kier molecular flexibility index (Phi) is 3.44. The molecule has 3 rings (SSSR count). The third-order valence-corrected chi connectivity index (χ3v) is 3.93. The van der Waals surface area contributed by atoms with Crippen molar-refractivity contribution in [2.75, 3.05) is 25.1 Å². The first-order valence-corrected chi connectivity index (χ1v) is 6.98. The molecular weight excluding hydrogens is 256 g/mol. The van der Waals surface area contributed by atoms with Crippen LogP contribution in [-0.4, -0.2) is 37.9 Å². The smallest absolute Gasteiger partial charge is 0.230 e. The summed E-state index contributed by atoms with van der Waals surface area (Å²) >= 11 is 0. The first-order valence-electron chi connectivity index (χ1n) is 6.98. The van der Waals surface area contributed by atoms with Crippen LogP contribution in [0.15, 0.2) is 18.2 Å². The highest BCUT2D eigenvalue weighted by molar-refractivity contribution is 6.03. The zero-order valence-corrected chi connectivity index (χ0v) is 11.5. The molecule has 1 N–H and O–H groups in total. The zero-order valence-electron chi connectivity index (χ0n) is 11.5. The van der Waals surface area contributed by atoms with Crippen molar-refractivity contribution >= 4 is 17.4 Å². The molecule has 0 aromatic heterocycles. The lowest BCUT2D eigenvalue weighted by Gasteiger charge is -2.18. The van der Waals surface area contributed by atoms with Gasteiger partial charge >= 0.3 is 0 Å². The Hall–Kier alpha value is -1.88. The minimum Gasteiger partial charge on any atom is -0.491 e. The molecule has 1 unspecified atom stereocenters. The number of hydrogen-bond acceptors (Lipinski definition) is 4. The number of ether oxygens (including phenoxy) is 1. The Morgan fingerprint density at radius 3 is 3.05 bits per heavy atom. The summed E-state index contributed by atoms with van der Waals surface area (Å²) in [5.41, 5.74) is 1.31. The molecule has 1 aromatic rings. The number of Topliss-reactive ketones (excluding diaryl/α,β-unsaturated/α-hetero) is 1. The molecule has 2 aliphatic heterocycles. The van der Waals surface area contributed by atoms with Crippen LogP contribution in [-0.2, 0) is 4.79 Å². The third kappa shape index (κ3) is 2.29. The van der Waals surface area contributed by atoms with Crippen molar-refractivity contribution < 1.29 is 14.3 Å². The van der Waals surface area contributed by atoms with Crippen LogP contribution in [0.1, 0.15) is 29.6 Å². The average Bonchev–Trinajstić information content (AvgIpc) is 2.95. The second kappa shape index (κ2) is 5.25. The van der Waals surface area contributed by atoms with Crippen LogP contribution in [0.4, 0.5) is 5.69 Å². The highest BCUT2D eigenvalue weighted by Gasteiger charge is 2.26. The monoisotopic (exact) mass is 274 g/mol. The maximum atomic E-state index is 12.4. The highest BCUT2D eigenvalue weighted by Crippen LogP contribution is 2.32. The normalized spacial score (nSPS) is 22.1. The molecular formula is C15H18N2O3. The van der Waals surface area contributed by atoms with Crippen LogP contribution < -0.4 is 15.0 Å². The van der Waals surface area contributed by atoms with E-state index in [-0.39, 0.29) is 17.7 Å². The molecule has 1 saturated heterocycles. The number of benzene rings is 1. The summed E-state index contributed by atoms with van der Waals surface area (Å²) in [6.07, 6.45) is 2.27. The van der Waals surface area contributed by atoms with Gasteiger partial charge in [-0.15, -0.1) is 0 Å². The number of rotatable bonds is 2. The second-order valence-corrected chi connectivity index (χ2v) is 5.25. The molecule has 0 aliphatic carbocycles. The second-order valence-electron chi connectivity index (χ2n) is 5.25. The third-order valence-electron chi connectivity index (χ3n) is 3.93. The number of anilines is 1. The van der Waals surface area contributed by atoms with E-state index in [1.165, 1.54) is 0 Å². The van der Waals surface area contributed by atoms with Crippen molar-refractivity contribution in [3.05, 3.63) is 23.8 Å². The van der Waals surface area contributed by atoms with Gasteiger partial charge in [-0.3, -0.25) is 9.59 Å². The summed E-state index contributed by atoms with van der Waals surface area (Å²) in [6, 6.07) is 5.24. The number of nitrogens with zero attached hydrogens (tertiary/aromatic N) is 1. The maximum Gasteiger partial charge on any atom is 0.230 e. The van der Waals surface area contributed by atoms with Gasteiger partial charge in [-0.2, -0.15) is 0 Å². The topological polar surface area (TPSA) is 58.6 Å². The summed E-state index contributed by atoms with van der Waals surface area (Å²) in [7, 11) is 1.72. The molecule has 1 amide bonds. The lowest BCUT2D eigenvalue weighted by molar-refractivity contribution is -0.118. The molecule has 1 aromatic carbocycles. The molecule has 1 fully saturated rings. The molecule has 2 aliphatic rings. The molecule has 0 saturated carbocycles. The van der Waals surface area contributed by atoms with Gasteiger partial charge in [0.2, 0.25) is 5.91 Å². The van der Waals surface area contributed by atoms with E-state index in [1.807, 2.05) is 0 Å². The Labute approximate surface area is 117 Å². The van der Waals surface area contributed by atoms with E-state index in [1.54, 1.807) is 30.1 Å². The molecule has 106 valence electrons. The van der Waals surface area contributed by atoms with Crippen LogP contribution in [0, 0.1) is 0 Å². The number of ketones is 1. The summed E-state index contributed by atoms with van der Waals surface area (Å²) in [4.78, 5) is 25.8. The highest BCUT2D eigenvalue weighted by atomic mass is 16.5. The predicted molar refractivity (Wildman–Crippen MR) is 75.3 cm³/mol. The molecule has 1 atom stereocenters. The first-order chi connectivity index (χ1) is 9.66. The van der Waals surface area contributed by atoms with Gasteiger partial charge in [0.25, 0.3) is 0 Å². The minimum absolute atomic E-state index is 0.00680. The molecule has 20 heavy (non-hydrogen) atoms. The Morgan fingerprint density at radius 2 is 2.30 bits per heavy atom. The number of fused-ring (bicyclic) bond motifs is 1. The average molecular weight is 274 g/mol. The summed E-state index contributed by atoms with van der Waals surface area (Å²) in [6.45, 7) is 1.27. The number of amides is 1. The minimum atomic E-state index is -0.0965. The van der Waals surface area contributed by atoms with E-state index in [2.05, 4.69) is 5.32 Å². The Morgan fingerprint density at radius 1 is 1.45 bits per heavy atom. The standard InChI is InChI=1S/C15H18N2O3/c1-17-12-9-10(15(19)11-3-2-7-16-11)4-5-13(12)20-8-6-14(17)18/h4-5,9,11,16H,2-3,6-8H2,1H3. The van der Waals surface area contributed by atoms with Crippen molar-refractivity contribution in [2.45, 2.75) is 25.3 Å². The fourth-order valence-electron chi connectivity index (χ4n) is 2.71. The van der Waals surface area contributed by atoms with E-state index in [0.29, 0.717) is 30.0 Å². The lowest BCUT2D eigenvalue weighted by atomic mass is 10.0. The van der Waals surface area contributed by atoms with Crippen LogP contribution in [0.25, 0.3) is 0 Å². The summed E-state index contributed by atoms with van der Waals surface area (Å²) in [5.74, 6) is 0.761. The van der Waals surface area contributed by atoms with Crippen molar-refractivity contribution in [3.8, 4) is 5.75 Å². The van der Waals surface area contributed by atoms with E-state index in [0.717, 1.165) is 19.4 Å². The zero-order chi connectivity index (χ0) is 14.1. The van der Waals surface area contributed by atoms with Gasteiger partial charge in [0.1, 0.15) is 5.75 Å².